The molecule has 3 heterocycles. The minimum atomic E-state index is -0.0143. The summed E-state index contributed by atoms with van der Waals surface area (Å²) in [6.07, 6.45) is 1.59. The van der Waals surface area contributed by atoms with E-state index in [0.29, 0.717) is 37.5 Å². The minimum absolute atomic E-state index is 0.0143. The molecule has 1 fully saturated rings. The van der Waals surface area contributed by atoms with Crippen LogP contribution in [0.2, 0.25) is 0 Å². The summed E-state index contributed by atoms with van der Waals surface area (Å²) in [5.74, 6) is 2.24. The number of rotatable bonds is 5. The van der Waals surface area contributed by atoms with E-state index in [1.165, 1.54) is 11.5 Å². The van der Waals surface area contributed by atoms with E-state index in [0.717, 1.165) is 33.0 Å². The molecule has 1 aliphatic rings. The van der Waals surface area contributed by atoms with E-state index in [9.17, 15) is 4.79 Å². The highest BCUT2D eigenvalue weighted by Gasteiger charge is 2.26. The number of carbonyl (C=O) groups excluding carboxylic acids is 1. The van der Waals surface area contributed by atoms with Gasteiger partial charge in [-0.3, -0.25) is 4.79 Å². The summed E-state index contributed by atoms with van der Waals surface area (Å²) in [5.41, 5.74) is 3.25. The lowest BCUT2D eigenvalue weighted by molar-refractivity contribution is 0.0743. The number of carbonyl (C=O) groups is 1. The molecule has 0 spiro atoms. The highest BCUT2D eigenvalue weighted by molar-refractivity contribution is 7.14. The molecule has 0 bridgehead atoms. The van der Waals surface area contributed by atoms with E-state index in [1.54, 1.807) is 26.6 Å². The fourth-order valence-corrected chi connectivity index (χ4v) is 4.90. The first-order valence-electron chi connectivity index (χ1n) is 10.6. The molecule has 8 nitrogen and oxygen atoms in total. The molecule has 0 atom stereocenters. The molecular formula is C24H23N5O3S. The van der Waals surface area contributed by atoms with Crippen LogP contribution in [0, 0.1) is 0 Å². The van der Waals surface area contributed by atoms with Crippen molar-refractivity contribution in [3.8, 4) is 22.8 Å². The van der Waals surface area contributed by atoms with Gasteiger partial charge in [0.25, 0.3) is 5.91 Å². The molecule has 1 saturated heterocycles. The summed E-state index contributed by atoms with van der Waals surface area (Å²) >= 11 is 1.40. The number of ether oxygens (including phenoxy) is 2. The normalized spacial score (nSPS) is 13.9. The summed E-state index contributed by atoms with van der Waals surface area (Å²) in [4.78, 5) is 26.2. The Hall–Kier alpha value is -3.72. The number of fused-ring (bicyclic) bond motifs is 1. The fourth-order valence-electron chi connectivity index (χ4n) is 4.03. The standard InChI is InChI=1S/C24H23N5O3S/c1-31-17-9-7-16(8-10-17)20-21-22(33-27-20)23(26-15-25-21)28-11-13-29(14-12-28)24(30)18-5-3-4-6-19(18)32-2/h3-10,15H,11-14H2,1-2H3. The number of para-hydroxylation sites is 1. The van der Waals surface area contributed by atoms with E-state index in [4.69, 9.17) is 9.47 Å². The predicted molar refractivity (Wildman–Crippen MR) is 128 cm³/mol. The Bertz CT molecular complexity index is 1280. The monoisotopic (exact) mass is 461 g/mol. The van der Waals surface area contributed by atoms with Crippen LogP contribution in [0.25, 0.3) is 21.5 Å². The van der Waals surface area contributed by atoms with Crippen molar-refractivity contribution in [2.24, 2.45) is 0 Å². The van der Waals surface area contributed by atoms with Crippen molar-refractivity contribution in [3.63, 3.8) is 0 Å². The third-order valence-corrected chi connectivity index (χ3v) is 6.64. The first-order chi connectivity index (χ1) is 16.2. The summed E-state index contributed by atoms with van der Waals surface area (Å²) in [6, 6.07) is 15.1. The topological polar surface area (TPSA) is 80.7 Å². The smallest absolute Gasteiger partial charge is 0.257 e. The van der Waals surface area contributed by atoms with E-state index >= 15 is 0 Å². The summed E-state index contributed by atoms with van der Waals surface area (Å²) in [5, 5.41) is 0. The number of anilines is 1. The van der Waals surface area contributed by atoms with Crippen molar-refractivity contribution in [1.82, 2.24) is 19.2 Å². The third kappa shape index (κ3) is 3.95. The highest BCUT2D eigenvalue weighted by Crippen LogP contribution is 2.35. The Morgan fingerprint density at radius 3 is 2.42 bits per heavy atom. The molecule has 0 saturated carbocycles. The molecule has 0 unspecified atom stereocenters. The van der Waals surface area contributed by atoms with E-state index in [1.807, 2.05) is 47.4 Å². The fraction of sp³-hybridized carbons (Fsp3) is 0.250. The molecule has 9 heteroatoms. The Morgan fingerprint density at radius 2 is 1.70 bits per heavy atom. The summed E-state index contributed by atoms with van der Waals surface area (Å²) < 4.78 is 16.2. The number of piperazine rings is 1. The largest absolute Gasteiger partial charge is 0.497 e. The highest BCUT2D eigenvalue weighted by atomic mass is 32.1. The maximum Gasteiger partial charge on any atom is 0.257 e. The molecule has 1 amide bonds. The second-order valence-electron chi connectivity index (χ2n) is 7.61. The SMILES string of the molecule is COc1ccc(-c2nsc3c(N4CCN(C(=O)c5ccccc5OC)CC4)ncnc23)cc1. The number of benzene rings is 2. The van der Waals surface area contributed by atoms with Crippen LogP contribution in [0.1, 0.15) is 10.4 Å². The van der Waals surface area contributed by atoms with Gasteiger partial charge in [-0.25, -0.2) is 9.97 Å². The molecule has 0 N–H and O–H groups in total. The number of amides is 1. The van der Waals surface area contributed by atoms with Gasteiger partial charge in [0.05, 0.1) is 19.8 Å². The van der Waals surface area contributed by atoms with Crippen LogP contribution in [-0.4, -0.2) is 65.5 Å². The van der Waals surface area contributed by atoms with E-state index in [-0.39, 0.29) is 5.91 Å². The van der Waals surface area contributed by atoms with Crippen LogP contribution in [0.3, 0.4) is 0 Å². The second-order valence-corrected chi connectivity index (χ2v) is 8.39. The zero-order valence-electron chi connectivity index (χ0n) is 18.4. The van der Waals surface area contributed by atoms with Crippen molar-refractivity contribution in [1.29, 1.82) is 0 Å². The van der Waals surface area contributed by atoms with Gasteiger partial charge < -0.3 is 19.3 Å². The summed E-state index contributed by atoms with van der Waals surface area (Å²) in [7, 11) is 3.23. The van der Waals surface area contributed by atoms with Crippen molar-refractivity contribution in [2.75, 3.05) is 45.3 Å². The van der Waals surface area contributed by atoms with Gasteiger partial charge in [0, 0.05) is 31.7 Å². The van der Waals surface area contributed by atoms with Crippen LogP contribution in [0.5, 0.6) is 11.5 Å². The zero-order valence-corrected chi connectivity index (χ0v) is 19.2. The molecule has 2 aromatic carbocycles. The lowest BCUT2D eigenvalue weighted by atomic mass is 10.1. The van der Waals surface area contributed by atoms with Gasteiger partial charge >= 0.3 is 0 Å². The number of aromatic nitrogens is 3. The number of hydrogen-bond acceptors (Lipinski definition) is 8. The van der Waals surface area contributed by atoms with Gasteiger partial charge in [0.1, 0.15) is 33.7 Å². The van der Waals surface area contributed by atoms with Gasteiger partial charge in [-0.2, -0.15) is 4.37 Å². The van der Waals surface area contributed by atoms with Crippen molar-refractivity contribution < 1.29 is 14.3 Å². The second kappa shape index (κ2) is 9.03. The van der Waals surface area contributed by atoms with Crippen LogP contribution >= 0.6 is 11.5 Å². The minimum Gasteiger partial charge on any atom is -0.497 e. The number of hydrogen-bond donors (Lipinski definition) is 0. The van der Waals surface area contributed by atoms with Crippen molar-refractivity contribution >= 4 is 33.5 Å². The van der Waals surface area contributed by atoms with Crippen LogP contribution in [0.4, 0.5) is 5.82 Å². The molecule has 168 valence electrons. The quantitative estimate of drug-likeness (QED) is 0.448. The molecule has 33 heavy (non-hydrogen) atoms. The van der Waals surface area contributed by atoms with Crippen LogP contribution < -0.4 is 14.4 Å². The van der Waals surface area contributed by atoms with Gasteiger partial charge in [0.2, 0.25) is 0 Å². The van der Waals surface area contributed by atoms with Crippen LogP contribution in [-0.2, 0) is 0 Å². The van der Waals surface area contributed by atoms with Gasteiger partial charge in [-0.15, -0.1) is 0 Å². The molecule has 1 aliphatic heterocycles. The summed E-state index contributed by atoms with van der Waals surface area (Å²) in [6.45, 7) is 2.57. The van der Waals surface area contributed by atoms with Gasteiger partial charge in [-0.05, 0) is 47.9 Å². The average Bonchev–Trinajstić information content (AvgIpc) is 3.33. The van der Waals surface area contributed by atoms with Gasteiger partial charge in [0.15, 0.2) is 5.82 Å². The predicted octanol–water partition coefficient (Wildman–Crippen LogP) is 3.73. The molecule has 4 aromatic rings. The Morgan fingerprint density at radius 1 is 0.939 bits per heavy atom. The van der Waals surface area contributed by atoms with Crippen molar-refractivity contribution in [2.45, 2.75) is 0 Å². The van der Waals surface area contributed by atoms with E-state index < -0.39 is 0 Å². The Labute approximate surface area is 195 Å². The third-order valence-electron chi connectivity index (χ3n) is 5.80. The maximum absolute atomic E-state index is 13.0. The molecule has 0 radical (unpaired) electrons. The Kier molecular flexibility index (Phi) is 5.78. The molecular weight excluding hydrogens is 438 g/mol. The van der Waals surface area contributed by atoms with Crippen LogP contribution in [0.15, 0.2) is 54.9 Å². The van der Waals surface area contributed by atoms with E-state index in [2.05, 4.69) is 19.2 Å². The number of methoxy groups -OCH3 is 2. The first-order valence-corrected chi connectivity index (χ1v) is 11.4. The number of nitrogens with zero attached hydrogens (tertiary/aromatic N) is 5. The zero-order chi connectivity index (χ0) is 22.8. The Balaban J connectivity index is 1.35. The molecule has 0 aliphatic carbocycles. The lowest BCUT2D eigenvalue weighted by Crippen LogP contribution is -2.49. The molecule has 5 rings (SSSR count). The lowest BCUT2D eigenvalue weighted by Gasteiger charge is -2.35. The first kappa shape index (κ1) is 21.1. The molecule has 2 aromatic heterocycles. The average molecular weight is 462 g/mol. The maximum atomic E-state index is 13.0. The van der Waals surface area contributed by atoms with Crippen molar-refractivity contribution in [3.05, 3.63) is 60.4 Å². The van der Waals surface area contributed by atoms with Gasteiger partial charge in [-0.1, -0.05) is 12.1 Å².